The van der Waals surface area contributed by atoms with Crippen LogP contribution in [0.25, 0.3) is 5.65 Å². The Morgan fingerprint density at radius 1 is 1.23 bits per heavy atom. The molecule has 1 aromatic carbocycles. The number of hydrogen-bond acceptors (Lipinski definition) is 10. The van der Waals surface area contributed by atoms with E-state index in [0.29, 0.717) is 63.0 Å². The van der Waals surface area contributed by atoms with Gasteiger partial charge in [-0.15, -0.1) is 5.10 Å². The fraction of sp³-hybridized carbons (Fsp3) is 0.520. The minimum Gasteiger partial charge on any atom is -0.396 e. The Balaban J connectivity index is 1.29. The van der Waals surface area contributed by atoms with Gasteiger partial charge < -0.3 is 25.4 Å². The summed E-state index contributed by atoms with van der Waals surface area (Å²) in [7, 11) is 0. The molecule has 39 heavy (non-hydrogen) atoms. The van der Waals surface area contributed by atoms with E-state index in [1.54, 1.807) is 0 Å². The molecule has 3 fully saturated rings. The highest BCUT2D eigenvalue weighted by Gasteiger charge is 2.44. The number of aliphatic hydroxyl groups excluding tert-OH is 1. The Morgan fingerprint density at radius 2 is 2.00 bits per heavy atom. The number of aromatic nitrogens is 4. The smallest absolute Gasteiger partial charge is 0.264 e. The van der Waals surface area contributed by atoms with Crippen molar-refractivity contribution in [3.8, 4) is 6.07 Å². The van der Waals surface area contributed by atoms with Crippen molar-refractivity contribution in [3.63, 3.8) is 0 Å². The van der Waals surface area contributed by atoms with Crippen LogP contribution in [0.1, 0.15) is 36.9 Å². The first-order chi connectivity index (χ1) is 18.9. The van der Waals surface area contributed by atoms with E-state index < -0.39 is 6.43 Å². The van der Waals surface area contributed by atoms with Gasteiger partial charge in [-0.1, -0.05) is 11.6 Å². The molecule has 1 aliphatic carbocycles. The van der Waals surface area contributed by atoms with Gasteiger partial charge in [0, 0.05) is 44.4 Å². The van der Waals surface area contributed by atoms with Gasteiger partial charge in [0.15, 0.2) is 17.2 Å². The highest BCUT2D eigenvalue weighted by Crippen LogP contribution is 2.40. The average Bonchev–Trinajstić information content (AvgIpc) is 3.63. The zero-order valence-electron chi connectivity index (χ0n) is 21.1. The van der Waals surface area contributed by atoms with Gasteiger partial charge in [0.2, 0.25) is 5.95 Å². The normalized spacial score (nSPS) is 19.2. The summed E-state index contributed by atoms with van der Waals surface area (Å²) < 4.78 is 34.8. The predicted octanol–water partition coefficient (Wildman–Crippen LogP) is 3.18. The van der Waals surface area contributed by atoms with E-state index in [1.807, 2.05) is 4.90 Å². The van der Waals surface area contributed by atoms with Gasteiger partial charge in [-0.3, -0.25) is 4.90 Å². The van der Waals surface area contributed by atoms with Gasteiger partial charge in [0.05, 0.1) is 41.3 Å². The zero-order chi connectivity index (χ0) is 27.1. The number of benzene rings is 1. The largest absolute Gasteiger partial charge is 0.396 e. The van der Waals surface area contributed by atoms with E-state index in [0.717, 1.165) is 12.8 Å². The van der Waals surface area contributed by atoms with Gasteiger partial charge >= 0.3 is 0 Å². The summed E-state index contributed by atoms with van der Waals surface area (Å²) in [5.74, 6) is 0.547. The van der Waals surface area contributed by atoms with Crippen LogP contribution in [-0.4, -0.2) is 87.2 Å². The number of nitrogens with zero attached hydrogens (tertiary/aromatic N) is 7. The maximum absolute atomic E-state index is 14.0. The molecule has 2 aromatic heterocycles. The zero-order valence-corrected chi connectivity index (χ0v) is 21.8. The lowest BCUT2D eigenvalue weighted by Crippen LogP contribution is -2.66. The predicted molar refractivity (Wildman–Crippen MR) is 141 cm³/mol. The third-order valence-electron chi connectivity index (χ3n) is 7.58. The topological polar surface area (TPSA) is 127 Å². The third-order valence-corrected chi connectivity index (χ3v) is 7.98. The van der Waals surface area contributed by atoms with Crippen molar-refractivity contribution in [3.05, 3.63) is 34.6 Å². The molecule has 0 unspecified atom stereocenters. The van der Waals surface area contributed by atoms with E-state index in [-0.39, 0.29) is 46.1 Å². The molecule has 2 aliphatic heterocycles. The second kappa shape index (κ2) is 10.3. The second-order valence-corrected chi connectivity index (χ2v) is 10.6. The summed E-state index contributed by atoms with van der Waals surface area (Å²) in [6, 6.07) is 5.04. The first-order valence-corrected chi connectivity index (χ1v) is 13.3. The van der Waals surface area contributed by atoms with Crippen LogP contribution in [-0.2, 0) is 4.74 Å². The molecule has 6 rings (SSSR count). The number of rotatable bonds is 9. The highest BCUT2D eigenvalue weighted by molar-refractivity contribution is 6.36. The van der Waals surface area contributed by atoms with Crippen LogP contribution in [0.4, 0.5) is 31.9 Å². The van der Waals surface area contributed by atoms with E-state index in [2.05, 4.69) is 36.7 Å². The molecular formula is C25H28ClF2N9O2. The summed E-state index contributed by atoms with van der Waals surface area (Å²) in [4.78, 5) is 13.1. The number of hydrogen-bond donors (Lipinski definition) is 3. The van der Waals surface area contributed by atoms with Crippen molar-refractivity contribution in [1.82, 2.24) is 24.5 Å². The number of nitrogens with one attached hydrogen (secondary N) is 2. The molecule has 3 aromatic rings. The van der Waals surface area contributed by atoms with Gasteiger partial charge in [-0.25, -0.2) is 13.8 Å². The maximum Gasteiger partial charge on any atom is 0.264 e. The quantitative estimate of drug-likeness (QED) is 0.360. The molecule has 0 atom stereocenters. The molecule has 4 heterocycles. The van der Waals surface area contributed by atoms with E-state index in [4.69, 9.17) is 16.3 Å². The van der Waals surface area contributed by atoms with Crippen LogP contribution in [0.2, 0.25) is 5.02 Å². The third kappa shape index (κ3) is 4.93. The molecule has 0 spiro atoms. The summed E-state index contributed by atoms with van der Waals surface area (Å²) in [5, 5.41) is 30.0. The fourth-order valence-corrected chi connectivity index (χ4v) is 5.46. The first-order valence-electron chi connectivity index (χ1n) is 12.9. The monoisotopic (exact) mass is 559 g/mol. The maximum atomic E-state index is 14.0. The SMILES string of the molecule is N#Cc1cnc2c(NC3CC3)nc(Nc3cc(C(F)F)cc(N4CCN(C5(CCO)COC5)CC4)c3Cl)nn12. The van der Waals surface area contributed by atoms with Crippen molar-refractivity contribution in [1.29, 1.82) is 5.26 Å². The van der Waals surface area contributed by atoms with Crippen LogP contribution in [0.5, 0.6) is 0 Å². The van der Waals surface area contributed by atoms with Gasteiger partial charge in [0.1, 0.15) is 6.07 Å². The van der Waals surface area contributed by atoms with Crippen LogP contribution in [0.3, 0.4) is 0 Å². The summed E-state index contributed by atoms with van der Waals surface area (Å²) in [6.07, 6.45) is 1.33. The number of nitriles is 1. The molecule has 1 saturated carbocycles. The lowest BCUT2D eigenvalue weighted by molar-refractivity contribution is -0.150. The van der Waals surface area contributed by atoms with Crippen LogP contribution in [0, 0.1) is 11.3 Å². The summed E-state index contributed by atoms with van der Waals surface area (Å²) >= 11 is 6.81. The van der Waals surface area contributed by atoms with Crippen molar-refractivity contribution >= 4 is 40.4 Å². The molecule has 0 bridgehead atoms. The first kappa shape index (κ1) is 25.9. The summed E-state index contributed by atoms with van der Waals surface area (Å²) in [5.41, 5.74) is 1.02. The molecule has 0 radical (unpaired) electrons. The van der Waals surface area contributed by atoms with Crippen molar-refractivity contribution in [2.24, 2.45) is 0 Å². The van der Waals surface area contributed by atoms with E-state index in [1.165, 1.54) is 22.8 Å². The Morgan fingerprint density at radius 3 is 2.62 bits per heavy atom. The molecular weight excluding hydrogens is 532 g/mol. The van der Waals surface area contributed by atoms with Crippen molar-refractivity contribution in [2.75, 3.05) is 61.5 Å². The number of fused-ring (bicyclic) bond motifs is 1. The minimum absolute atomic E-state index is 0.0849. The Labute approximate surface area is 228 Å². The molecule has 3 aliphatic rings. The van der Waals surface area contributed by atoms with Crippen LogP contribution < -0.4 is 15.5 Å². The van der Waals surface area contributed by atoms with E-state index >= 15 is 0 Å². The number of aliphatic hydroxyl groups is 1. The molecule has 206 valence electrons. The van der Waals surface area contributed by atoms with Gasteiger partial charge in [-0.2, -0.15) is 14.8 Å². The number of alkyl halides is 2. The Bertz CT molecular complexity index is 1410. The molecule has 14 heteroatoms. The Kier molecular flexibility index (Phi) is 6.88. The number of ether oxygens (including phenoxy) is 1. The molecule has 2 saturated heterocycles. The van der Waals surface area contributed by atoms with Crippen molar-refractivity contribution in [2.45, 2.75) is 37.3 Å². The van der Waals surface area contributed by atoms with Crippen LogP contribution >= 0.6 is 11.6 Å². The Hall–Kier alpha value is -3.31. The lowest BCUT2D eigenvalue weighted by atomic mass is 9.90. The van der Waals surface area contributed by atoms with Gasteiger partial charge in [0.25, 0.3) is 6.43 Å². The number of piperazine rings is 1. The fourth-order valence-electron chi connectivity index (χ4n) is 5.18. The van der Waals surface area contributed by atoms with Gasteiger partial charge in [-0.05, 0) is 31.4 Å². The lowest BCUT2D eigenvalue weighted by Gasteiger charge is -2.52. The number of halogens is 3. The molecule has 0 amide bonds. The standard InChI is InChI=1S/C25H28ClF2N9O2/c26-20-18(32-24-33-22(31-16-1-2-16)23-30-12-17(11-29)37(23)34-24)9-15(21(27)28)10-19(20)35-4-6-36(7-5-35)25(3-8-38)13-39-14-25/h9-10,12,16,21,38H,1-8,13-14H2,(H2,31,32,33,34). The average molecular weight is 560 g/mol. The summed E-state index contributed by atoms with van der Waals surface area (Å²) in [6.45, 7) is 3.78. The van der Waals surface area contributed by atoms with Crippen LogP contribution in [0.15, 0.2) is 18.3 Å². The highest BCUT2D eigenvalue weighted by atomic mass is 35.5. The second-order valence-electron chi connectivity index (χ2n) is 10.2. The van der Waals surface area contributed by atoms with Crippen molar-refractivity contribution < 1.29 is 18.6 Å². The molecule has 3 N–H and O–H groups in total. The number of imidazole rings is 1. The molecule has 11 nitrogen and oxygen atoms in total. The number of anilines is 4. The van der Waals surface area contributed by atoms with E-state index in [9.17, 15) is 19.1 Å². The minimum atomic E-state index is -2.71.